The maximum Gasteiger partial charge on any atom is 0.375 e. The molecule has 1 aliphatic carbocycles. The lowest BCUT2D eigenvalue weighted by Gasteiger charge is -2.25. The van der Waals surface area contributed by atoms with Crippen LogP contribution in [0.4, 0.5) is 0 Å². The second kappa shape index (κ2) is 7.80. The maximum atomic E-state index is 9.35. The SMILES string of the molecule is COc1ccc(OP(O)(O)=S)c(C2CCCCC2)c1.[Al]. The van der Waals surface area contributed by atoms with E-state index in [9.17, 15) is 9.79 Å². The number of benzene rings is 1. The lowest BCUT2D eigenvalue weighted by molar-refractivity contribution is 0.361. The highest BCUT2D eigenvalue weighted by atomic mass is 32.5. The van der Waals surface area contributed by atoms with Crippen LogP contribution in [0.2, 0.25) is 0 Å². The van der Waals surface area contributed by atoms with E-state index >= 15 is 0 Å². The monoisotopic (exact) mass is 329 g/mol. The van der Waals surface area contributed by atoms with Crippen molar-refractivity contribution in [1.82, 2.24) is 0 Å². The van der Waals surface area contributed by atoms with E-state index in [0.717, 1.165) is 24.2 Å². The molecule has 109 valence electrons. The van der Waals surface area contributed by atoms with Crippen molar-refractivity contribution >= 4 is 35.9 Å². The average molecular weight is 329 g/mol. The third kappa shape index (κ3) is 5.04. The van der Waals surface area contributed by atoms with E-state index in [1.807, 2.05) is 6.07 Å². The normalized spacial score (nSPS) is 16.4. The Bertz CT molecular complexity index is 485. The Morgan fingerprint density at radius 2 is 1.85 bits per heavy atom. The van der Waals surface area contributed by atoms with Crippen LogP contribution in [0, 0.1) is 0 Å². The lowest BCUT2D eigenvalue weighted by atomic mass is 9.83. The standard InChI is InChI=1S/C13H19O4PS.Al/c1-16-11-7-8-13(17-18(14,15)19)12(9-11)10-5-3-2-4-6-10;/h7-10H,2-6H2,1H3,(H2,14,15,19);. The molecule has 1 aromatic carbocycles. The van der Waals surface area contributed by atoms with Gasteiger partial charge < -0.3 is 19.0 Å². The van der Waals surface area contributed by atoms with Gasteiger partial charge in [-0.1, -0.05) is 19.3 Å². The zero-order valence-electron chi connectivity index (χ0n) is 11.5. The molecule has 0 aromatic heterocycles. The molecule has 0 atom stereocenters. The number of hydrogen-bond acceptors (Lipinski definition) is 3. The molecule has 1 fully saturated rings. The first-order valence-corrected chi connectivity index (χ1v) is 9.05. The minimum absolute atomic E-state index is 0. The molecule has 0 heterocycles. The molecule has 0 amide bonds. The topological polar surface area (TPSA) is 58.9 Å². The summed E-state index contributed by atoms with van der Waals surface area (Å²) in [7, 11) is 1.61. The Morgan fingerprint density at radius 3 is 2.40 bits per heavy atom. The molecule has 0 spiro atoms. The van der Waals surface area contributed by atoms with Gasteiger partial charge in [-0.2, -0.15) is 0 Å². The van der Waals surface area contributed by atoms with Crippen molar-refractivity contribution in [2.45, 2.75) is 38.0 Å². The molecule has 0 saturated heterocycles. The lowest BCUT2D eigenvalue weighted by Crippen LogP contribution is -2.07. The number of rotatable bonds is 4. The minimum atomic E-state index is -3.70. The van der Waals surface area contributed by atoms with Gasteiger partial charge in [-0.05, 0) is 37.0 Å². The van der Waals surface area contributed by atoms with E-state index in [1.54, 1.807) is 19.2 Å². The van der Waals surface area contributed by atoms with E-state index in [4.69, 9.17) is 9.26 Å². The van der Waals surface area contributed by atoms with Gasteiger partial charge >= 0.3 is 6.72 Å². The van der Waals surface area contributed by atoms with Crippen LogP contribution in [0.5, 0.6) is 11.5 Å². The summed E-state index contributed by atoms with van der Waals surface area (Å²) < 4.78 is 10.4. The van der Waals surface area contributed by atoms with Gasteiger partial charge in [-0.3, -0.25) is 0 Å². The van der Waals surface area contributed by atoms with E-state index in [2.05, 4.69) is 11.8 Å². The van der Waals surface area contributed by atoms with E-state index in [0.29, 0.717) is 11.7 Å². The first kappa shape index (κ1) is 18.0. The molecule has 0 aliphatic heterocycles. The molecule has 20 heavy (non-hydrogen) atoms. The van der Waals surface area contributed by atoms with Gasteiger partial charge in [0.25, 0.3) is 0 Å². The quantitative estimate of drug-likeness (QED) is 0.657. The molecule has 2 rings (SSSR count). The summed E-state index contributed by atoms with van der Waals surface area (Å²) in [6, 6.07) is 5.36. The van der Waals surface area contributed by atoms with Gasteiger partial charge in [0.15, 0.2) is 0 Å². The third-order valence-corrected chi connectivity index (χ3v) is 4.14. The fourth-order valence-corrected chi connectivity index (χ4v) is 3.26. The number of ether oxygens (including phenoxy) is 1. The predicted molar refractivity (Wildman–Crippen MR) is 83.9 cm³/mol. The first-order valence-electron chi connectivity index (χ1n) is 6.42. The molecule has 7 heteroatoms. The number of hydrogen-bond donors (Lipinski definition) is 2. The molecular weight excluding hydrogens is 310 g/mol. The predicted octanol–water partition coefficient (Wildman–Crippen LogP) is 2.95. The van der Waals surface area contributed by atoms with Crippen molar-refractivity contribution < 1.29 is 19.0 Å². The minimum Gasteiger partial charge on any atom is -0.497 e. The Kier molecular flexibility index (Phi) is 7.01. The van der Waals surface area contributed by atoms with Crippen molar-refractivity contribution in [2.75, 3.05) is 7.11 Å². The highest BCUT2D eigenvalue weighted by molar-refractivity contribution is 8.06. The highest BCUT2D eigenvalue weighted by Crippen LogP contribution is 2.45. The van der Waals surface area contributed by atoms with Crippen molar-refractivity contribution in [3.63, 3.8) is 0 Å². The van der Waals surface area contributed by atoms with Gasteiger partial charge in [-0.15, -0.1) is 0 Å². The molecule has 1 saturated carbocycles. The van der Waals surface area contributed by atoms with Crippen LogP contribution in [0.1, 0.15) is 43.6 Å². The molecule has 2 N–H and O–H groups in total. The van der Waals surface area contributed by atoms with Gasteiger partial charge in [0.1, 0.15) is 11.5 Å². The smallest absolute Gasteiger partial charge is 0.375 e. The van der Waals surface area contributed by atoms with E-state index in [-0.39, 0.29) is 17.4 Å². The summed E-state index contributed by atoms with van der Waals surface area (Å²) in [5, 5.41) is 0. The fraction of sp³-hybridized carbons (Fsp3) is 0.538. The van der Waals surface area contributed by atoms with Crippen molar-refractivity contribution in [2.24, 2.45) is 0 Å². The van der Waals surface area contributed by atoms with Gasteiger partial charge in [0.05, 0.1) is 7.11 Å². The van der Waals surface area contributed by atoms with E-state index < -0.39 is 6.72 Å². The van der Waals surface area contributed by atoms with Crippen molar-refractivity contribution in [3.8, 4) is 11.5 Å². The van der Waals surface area contributed by atoms with Gasteiger partial charge in [0, 0.05) is 34.7 Å². The second-order valence-corrected chi connectivity index (χ2v) is 7.41. The fourth-order valence-electron chi connectivity index (χ4n) is 2.60. The molecular formula is C13H19AlO4PS. The molecule has 0 unspecified atom stereocenters. The van der Waals surface area contributed by atoms with Crippen LogP contribution in [0.3, 0.4) is 0 Å². The second-order valence-electron chi connectivity index (χ2n) is 4.82. The van der Waals surface area contributed by atoms with Crippen LogP contribution >= 0.6 is 6.72 Å². The summed E-state index contributed by atoms with van der Waals surface area (Å²) in [4.78, 5) is 18.7. The van der Waals surface area contributed by atoms with Crippen molar-refractivity contribution in [3.05, 3.63) is 23.8 Å². The molecule has 1 aliphatic rings. The zero-order chi connectivity index (χ0) is 13.9. The Balaban J connectivity index is 0.00000200. The summed E-state index contributed by atoms with van der Waals surface area (Å²) in [6.45, 7) is -3.70. The van der Waals surface area contributed by atoms with Gasteiger partial charge in [0.2, 0.25) is 0 Å². The Hall–Kier alpha value is -0.0775. The van der Waals surface area contributed by atoms with Crippen LogP contribution in [0.15, 0.2) is 18.2 Å². The van der Waals surface area contributed by atoms with E-state index in [1.165, 1.54) is 19.3 Å². The Labute approximate surface area is 135 Å². The summed E-state index contributed by atoms with van der Waals surface area (Å²) in [5.74, 6) is 1.60. The largest absolute Gasteiger partial charge is 0.497 e. The van der Waals surface area contributed by atoms with Crippen LogP contribution in [-0.2, 0) is 11.8 Å². The summed E-state index contributed by atoms with van der Waals surface area (Å²) in [5.41, 5.74) is 0.969. The van der Waals surface area contributed by atoms with Crippen LogP contribution in [-0.4, -0.2) is 34.3 Å². The van der Waals surface area contributed by atoms with Gasteiger partial charge in [-0.25, -0.2) is 0 Å². The first-order chi connectivity index (χ1) is 8.99. The Morgan fingerprint density at radius 1 is 1.20 bits per heavy atom. The average Bonchev–Trinajstić information content (AvgIpc) is 2.38. The third-order valence-electron chi connectivity index (χ3n) is 3.48. The van der Waals surface area contributed by atoms with Crippen LogP contribution in [0.25, 0.3) is 0 Å². The molecule has 1 aromatic rings. The van der Waals surface area contributed by atoms with Crippen molar-refractivity contribution in [1.29, 1.82) is 0 Å². The summed E-state index contributed by atoms with van der Waals surface area (Å²) >= 11 is 4.56. The maximum absolute atomic E-state index is 9.35. The molecule has 4 nitrogen and oxygen atoms in total. The highest BCUT2D eigenvalue weighted by Gasteiger charge is 2.22. The summed E-state index contributed by atoms with van der Waals surface area (Å²) in [6.07, 6.45) is 5.81. The zero-order valence-corrected chi connectivity index (χ0v) is 14.4. The molecule has 3 radical (unpaired) electrons. The molecule has 0 bridgehead atoms. The van der Waals surface area contributed by atoms with Crippen LogP contribution < -0.4 is 9.26 Å². The number of methoxy groups -OCH3 is 1.